The summed E-state index contributed by atoms with van der Waals surface area (Å²) in [4.78, 5) is 24.9. The average molecular weight is 488 g/mol. The van der Waals surface area contributed by atoms with Crippen molar-refractivity contribution in [3.63, 3.8) is 0 Å². The van der Waals surface area contributed by atoms with E-state index in [1.807, 2.05) is 45.2 Å². The first-order chi connectivity index (χ1) is 16.7. The van der Waals surface area contributed by atoms with Gasteiger partial charge < -0.3 is 14.8 Å². The van der Waals surface area contributed by atoms with Crippen LogP contribution in [-0.2, 0) is 7.05 Å². The first kappa shape index (κ1) is 22.7. The van der Waals surface area contributed by atoms with Crippen LogP contribution in [0.4, 0.5) is 5.69 Å². The largest absolute Gasteiger partial charge is 0.478 e. The number of hydrogen-bond acceptors (Lipinski definition) is 5. The van der Waals surface area contributed by atoms with Crippen LogP contribution in [0.2, 0.25) is 5.02 Å². The Morgan fingerprint density at radius 2 is 1.94 bits per heavy atom. The standard InChI is InChI=1S/C27H22ClN3O4/c1-14-8-19(15(2)30-22-7-6-18(28)11-20(22)27(33)34)26-21(9-14)24(32)12-25(35-26)16-4-5-17-13-29-31(3)23(17)10-16/h4-13,15,30H,1-3H3,(H,33,34)/t15-/m1/s1. The third kappa shape index (κ3) is 4.15. The SMILES string of the molecule is Cc1cc([C@@H](C)Nc2ccc(Cl)cc2C(=O)O)c2oc(-c3ccc4cnn(C)c4c3)cc(=O)c2c1. The van der Waals surface area contributed by atoms with Crippen LogP contribution in [0.3, 0.4) is 0 Å². The summed E-state index contributed by atoms with van der Waals surface area (Å²) in [6.07, 6.45) is 1.78. The quantitative estimate of drug-likeness (QED) is 0.307. The number of nitrogens with one attached hydrogen (secondary N) is 1. The zero-order valence-electron chi connectivity index (χ0n) is 19.3. The van der Waals surface area contributed by atoms with Crippen LogP contribution in [0.1, 0.15) is 34.5 Å². The number of anilines is 1. The van der Waals surface area contributed by atoms with Gasteiger partial charge in [-0.15, -0.1) is 0 Å². The fraction of sp³-hybridized carbons (Fsp3) is 0.148. The number of carboxylic acid groups (broad SMARTS) is 1. The van der Waals surface area contributed by atoms with Crippen molar-refractivity contribution in [1.82, 2.24) is 9.78 Å². The van der Waals surface area contributed by atoms with Crippen molar-refractivity contribution < 1.29 is 14.3 Å². The van der Waals surface area contributed by atoms with Crippen molar-refractivity contribution in [2.24, 2.45) is 7.05 Å². The zero-order valence-corrected chi connectivity index (χ0v) is 20.1. The lowest BCUT2D eigenvalue weighted by molar-refractivity contribution is 0.0698. The van der Waals surface area contributed by atoms with E-state index in [-0.39, 0.29) is 17.0 Å². The minimum atomic E-state index is -1.09. The monoisotopic (exact) mass is 487 g/mol. The molecule has 2 N–H and O–H groups in total. The van der Waals surface area contributed by atoms with E-state index in [0.717, 1.165) is 27.6 Å². The van der Waals surface area contributed by atoms with E-state index in [2.05, 4.69) is 10.4 Å². The van der Waals surface area contributed by atoms with Gasteiger partial charge in [-0.05, 0) is 49.7 Å². The molecule has 0 saturated carbocycles. The number of aromatic nitrogens is 2. The van der Waals surface area contributed by atoms with Gasteiger partial charge in [0.05, 0.1) is 28.7 Å². The summed E-state index contributed by atoms with van der Waals surface area (Å²) in [6, 6.07) is 15.3. The first-order valence-corrected chi connectivity index (χ1v) is 11.4. The summed E-state index contributed by atoms with van der Waals surface area (Å²) in [5.74, 6) is -0.642. The maximum atomic E-state index is 13.1. The van der Waals surface area contributed by atoms with Gasteiger partial charge in [0.1, 0.15) is 11.3 Å². The predicted molar refractivity (Wildman–Crippen MR) is 137 cm³/mol. The van der Waals surface area contributed by atoms with Gasteiger partial charge in [0.15, 0.2) is 5.43 Å². The maximum Gasteiger partial charge on any atom is 0.337 e. The summed E-state index contributed by atoms with van der Waals surface area (Å²) >= 11 is 6.00. The minimum Gasteiger partial charge on any atom is -0.478 e. The van der Waals surface area contributed by atoms with Crippen LogP contribution in [0.25, 0.3) is 33.2 Å². The molecule has 3 aromatic carbocycles. The maximum absolute atomic E-state index is 13.1. The lowest BCUT2D eigenvalue weighted by Crippen LogP contribution is -2.12. The number of benzene rings is 3. The second-order valence-corrected chi connectivity index (χ2v) is 9.05. The van der Waals surface area contributed by atoms with Crippen LogP contribution in [0, 0.1) is 6.92 Å². The molecule has 2 heterocycles. The Morgan fingerprint density at radius 1 is 1.14 bits per heavy atom. The number of aryl methyl sites for hydroxylation is 2. The Kier molecular flexibility index (Phi) is 5.57. The lowest BCUT2D eigenvalue weighted by Gasteiger charge is -2.19. The van der Waals surface area contributed by atoms with Gasteiger partial charge in [-0.1, -0.05) is 29.8 Å². The molecule has 2 aromatic heterocycles. The molecule has 7 nitrogen and oxygen atoms in total. The molecular formula is C27H22ClN3O4. The zero-order chi connectivity index (χ0) is 24.9. The molecule has 0 spiro atoms. The van der Waals surface area contributed by atoms with E-state index in [1.165, 1.54) is 12.1 Å². The number of halogens is 1. The van der Waals surface area contributed by atoms with E-state index in [9.17, 15) is 14.7 Å². The number of aromatic carboxylic acids is 1. The molecule has 0 aliphatic rings. The van der Waals surface area contributed by atoms with Crippen LogP contribution in [0.15, 0.2) is 70.0 Å². The highest BCUT2D eigenvalue weighted by Gasteiger charge is 2.19. The molecule has 0 unspecified atom stereocenters. The second-order valence-electron chi connectivity index (χ2n) is 8.61. The Morgan fingerprint density at radius 3 is 2.71 bits per heavy atom. The normalized spacial score (nSPS) is 12.2. The number of fused-ring (bicyclic) bond motifs is 2. The number of nitrogens with zero attached hydrogens (tertiary/aromatic N) is 2. The van der Waals surface area contributed by atoms with Crippen LogP contribution < -0.4 is 10.7 Å². The molecule has 0 bridgehead atoms. The predicted octanol–water partition coefficient (Wildman–Crippen LogP) is 6.18. The molecule has 35 heavy (non-hydrogen) atoms. The third-order valence-corrected chi connectivity index (χ3v) is 6.32. The van der Waals surface area contributed by atoms with Crippen LogP contribution in [0.5, 0.6) is 0 Å². The molecule has 1 atom stereocenters. The molecular weight excluding hydrogens is 466 g/mol. The van der Waals surface area contributed by atoms with Crippen molar-refractivity contribution in [2.75, 3.05) is 5.32 Å². The van der Waals surface area contributed by atoms with Gasteiger partial charge in [0.2, 0.25) is 0 Å². The summed E-state index contributed by atoms with van der Waals surface area (Å²) in [7, 11) is 1.86. The Labute approximate surface area is 205 Å². The molecule has 5 rings (SSSR count). The topological polar surface area (TPSA) is 97.4 Å². The molecule has 0 fully saturated rings. The van der Waals surface area contributed by atoms with Gasteiger partial charge in [-0.3, -0.25) is 9.48 Å². The smallest absolute Gasteiger partial charge is 0.337 e. The Bertz CT molecular complexity index is 1690. The summed E-state index contributed by atoms with van der Waals surface area (Å²) in [5.41, 5.74) is 4.11. The average Bonchev–Trinajstić information content (AvgIpc) is 3.20. The molecule has 0 radical (unpaired) electrons. The molecule has 5 aromatic rings. The van der Waals surface area contributed by atoms with Crippen molar-refractivity contribution in [1.29, 1.82) is 0 Å². The van der Waals surface area contributed by atoms with Gasteiger partial charge in [-0.2, -0.15) is 5.10 Å². The molecule has 0 aliphatic heterocycles. The lowest BCUT2D eigenvalue weighted by atomic mass is 10.00. The highest BCUT2D eigenvalue weighted by molar-refractivity contribution is 6.31. The van der Waals surface area contributed by atoms with E-state index in [0.29, 0.717) is 27.4 Å². The number of carbonyl (C=O) groups is 1. The van der Waals surface area contributed by atoms with Gasteiger partial charge in [-0.25, -0.2) is 4.79 Å². The Balaban J connectivity index is 1.64. The molecule has 8 heteroatoms. The molecule has 0 amide bonds. The fourth-order valence-corrected chi connectivity index (χ4v) is 4.50. The number of carboxylic acids is 1. The van der Waals surface area contributed by atoms with Crippen LogP contribution in [-0.4, -0.2) is 20.9 Å². The highest BCUT2D eigenvalue weighted by atomic mass is 35.5. The van der Waals surface area contributed by atoms with Crippen molar-refractivity contribution in [3.8, 4) is 11.3 Å². The van der Waals surface area contributed by atoms with Gasteiger partial charge in [0, 0.05) is 40.3 Å². The number of rotatable bonds is 5. The van der Waals surface area contributed by atoms with Gasteiger partial charge in [0.25, 0.3) is 0 Å². The van der Waals surface area contributed by atoms with Crippen molar-refractivity contribution in [3.05, 3.63) is 92.7 Å². The minimum absolute atomic E-state index is 0.0629. The molecule has 0 saturated heterocycles. The Hall–Kier alpha value is -4.10. The van der Waals surface area contributed by atoms with E-state index < -0.39 is 5.97 Å². The summed E-state index contributed by atoms with van der Waals surface area (Å²) in [6.45, 7) is 3.80. The summed E-state index contributed by atoms with van der Waals surface area (Å²) in [5, 5.41) is 18.9. The molecule has 176 valence electrons. The molecule has 0 aliphatic carbocycles. The second kappa shape index (κ2) is 8.60. The van der Waals surface area contributed by atoms with Crippen molar-refractivity contribution in [2.45, 2.75) is 19.9 Å². The first-order valence-electron chi connectivity index (χ1n) is 11.0. The number of hydrogen-bond donors (Lipinski definition) is 2. The van der Waals surface area contributed by atoms with E-state index >= 15 is 0 Å². The van der Waals surface area contributed by atoms with E-state index in [1.54, 1.807) is 29.1 Å². The fourth-order valence-electron chi connectivity index (χ4n) is 4.33. The van der Waals surface area contributed by atoms with Crippen LogP contribution >= 0.6 is 11.6 Å². The van der Waals surface area contributed by atoms with Crippen molar-refractivity contribution >= 4 is 45.1 Å². The highest BCUT2D eigenvalue weighted by Crippen LogP contribution is 2.32. The summed E-state index contributed by atoms with van der Waals surface area (Å²) < 4.78 is 8.10. The van der Waals surface area contributed by atoms with E-state index in [4.69, 9.17) is 16.0 Å². The van der Waals surface area contributed by atoms with Gasteiger partial charge >= 0.3 is 5.97 Å². The third-order valence-electron chi connectivity index (χ3n) is 6.09.